The van der Waals surface area contributed by atoms with Crippen LogP contribution in [-0.2, 0) is 9.47 Å². The molecule has 2 aliphatic heterocycles. The van der Waals surface area contributed by atoms with Gasteiger partial charge < -0.3 is 9.47 Å². The van der Waals surface area contributed by atoms with Gasteiger partial charge >= 0.3 is 0 Å². The zero-order valence-electron chi connectivity index (χ0n) is 6.77. The summed E-state index contributed by atoms with van der Waals surface area (Å²) >= 11 is 0. The molecule has 0 aromatic heterocycles. The van der Waals surface area contributed by atoms with Crippen molar-refractivity contribution in [3.05, 3.63) is 24.4 Å². The molecule has 0 bridgehead atoms. The van der Waals surface area contributed by atoms with Crippen LogP contribution in [0.3, 0.4) is 0 Å². The van der Waals surface area contributed by atoms with Crippen molar-refractivity contribution in [2.75, 3.05) is 13.2 Å². The molecule has 0 saturated carbocycles. The molecule has 1 saturated heterocycles. The van der Waals surface area contributed by atoms with Gasteiger partial charge in [-0.1, -0.05) is 12.7 Å². The van der Waals surface area contributed by atoms with E-state index >= 15 is 0 Å². The van der Waals surface area contributed by atoms with E-state index < -0.39 is 0 Å². The van der Waals surface area contributed by atoms with Gasteiger partial charge in [-0.15, -0.1) is 0 Å². The maximum absolute atomic E-state index is 5.35. The van der Waals surface area contributed by atoms with Crippen LogP contribution in [0.2, 0.25) is 0 Å². The lowest BCUT2D eigenvalue weighted by atomic mass is 10.0. The fourth-order valence-corrected chi connectivity index (χ4v) is 1.34. The van der Waals surface area contributed by atoms with E-state index in [2.05, 4.69) is 11.6 Å². The lowest BCUT2D eigenvalue weighted by Crippen LogP contribution is -2.21. The number of ether oxygens (including phenoxy) is 2. The van der Waals surface area contributed by atoms with Crippen molar-refractivity contribution in [1.82, 2.24) is 0 Å². The molecule has 1 unspecified atom stereocenters. The van der Waals surface area contributed by atoms with Crippen LogP contribution in [0.15, 0.2) is 29.4 Å². The fourth-order valence-electron chi connectivity index (χ4n) is 1.34. The Morgan fingerprint density at radius 3 is 2.83 bits per heavy atom. The lowest BCUT2D eigenvalue weighted by molar-refractivity contribution is -0.0615. The minimum absolute atomic E-state index is 0.0949. The van der Waals surface area contributed by atoms with Crippen molar-refractivity contribution >= 4 is 6.21 Å². The summed E-state index contributed by atoms with van der Waals surface area (Å²) in [5.41, 5.74) is 0.810. The highest BCUT2D eigenvalue weighted by molar-refractivity contribution is 5.73. The summed E-state index contributed by atoms with van der Waals surface area (Å²) in [7, 11) is 0. The average Bonchev–Trinajstić information content (AvgIpc) is 2.57. The number of allylic oxidation sites excluding steroid dienone is 1. The highest BCUT2D eigenvalue weighted by atomic mass is 16.7. The molecule has 0 N–H and O–H groups in total. The summed E-state index contributed by atoms with van der Waals surface area (Å²) in [5.74, 6) is 0.0949. The van der Waals surface area contributed by atoms with E-state index in [4.69, 9.17) is 9.47 Å². The summed E-state index contributed by atoms with van der Waals surface area (Å²) in [6.07, 6.45) is 5.45. The quantitative estimate of drug-likeness (QED) is 0.583. The highest BCUT2D eigenvalue weighted by Gasteiger charge is 2.27. The van der Waals surface area contributed by atoms with Crippen LogP contribution in [0.4, 0.5) is 0 Å². The van der Waals surface area contributed by atoms with Crippen LogP contribution < -0.4 is 0 Å². The van der Waals surface area contributed by atoms with Crippen molar-refractivity contribution in [3.8, 4) is 0 Å². The molecule has 2 heterocycles. The van der Waals surface area contributed by atoms with Crippen LogP contribution >= 0.6 is 0 Å². The number of hydrogen-bond donors (Lipinski definition) is 0. The molecule has 0 aromatic rings. The Labute approximate surface area is 71.4 Å². The summed E-state index contributed by atoms with van der Waals surface area (Å²) in [6, 6.07) is 0. The van der Waals surface area contributed by atoms with Crippen LogP contribution in [0.1, 0.15) is 0 Å². The number of aliphatic imine (C=N–C) groups is 1. The van der Waals surface area contributed by atoms with Crippen molar-refractivity contribution in [3.63, 3.8) is 0 Å². The highest BCUT2D eigenvalue weighted by Crippen LogP contribution is 2.24. The summed E-state index contributed by atoms with van der Waals surface area (Å²) < 4.78 is 10.7. The third-order valence-electron chi connectivity index (χ3n) is 1.97. The molecule has 0 spiro atoms. The van der Waals surface area contributed by atoms with Gasteiger partial charge in [0.05, 0.1) is 19.1 Å². The second-order valence-corrected chi connectivity index (χ2v) is 2.79. The average molecular weight is 165 g/mol. The minimum atomic E-state index is -0.175. The molecule has 0 aliphatic carbocycles. The van der Waals surface area contributed by atoms with Crippen LogP contribution in [0.25, 0.3) is 0 Å². The molecule has 12 heavy (non-hydrogen) atoms. The van der Waals surface area contributed by atoms with Gasteiger partial charge in [-0.2, -0.15) is 0 Å². The largest absolute Gasteiger partial charge is 0.349 e. The standard InChI is InChI=1S/C9H11NO2/c1-7-8(3-2-4-10-7)9-11-5-6-12-9/h2-4,8-9H,1,5-6H2. The van der Waals surface area contributed by atoms with E-state index in [1.807, 2.05) is 12.2 Å². The third-order valence-corrected chi connectivity index (χ3v) is 1.97. The molecular formula is C9H11NO2. The second kappa shape index (κ2) is 3.21. The molecule has 2 aliphatic rings. The van der Waals surface area contributed by atoms with Gasteiger partial charge in [0.25, 0.3) is 0 Å². The first-order valence-corrected chi connectivity index (χ1v) is 4.01. The van der Waals surface area contributed by atoms with Gasteiger partial charge in [0, 0.05) is 11.9 Å². The molecule has 1 atom stereocenters. The number of hydrogen-bond acceptors (Lipinski definition) is 3. The zero-order valence-corrected chi connectivity index (χ0v) is 6.77. The maximum Gasteiger partial charge on any atom is 0.169 e. The van der Waals surface area contributed by atoms with E-state index in [9.17, 15) is 0 Å². The Hall–Kier alpha value is -0.930. The molecule has 0 amide bonds. The first-order chi connectivity index (χ1) is 5.88. The Kier molecular flexibility index (Phi) is 2.06. The van der Waals surface area contributed by atoms with Crippen LogP contribution in [0.5, 0.6) is 0 Å². The molecule has 0 radical (unpaired) electrons. The van der Waals surface area contributed by atoms with E-state index in [1.165, 1.54) is 0 Å². The Balaban J connectivity index is 2.07. The normalized spacial score (nSPS) is 30.0. The van der Waals surface area contributed by atoms with Gasteiger partial charge in [-0.25, -0.2) is 0 Å². The van der Waals surface area contributed by atoms with E-state index in [0.29, 0.717) is 13.2 Å². The smallest absolute Gasteiger partial charge is 0.169 e. The van der Waals surface area contributed by atoms with Crippen molar-refractivity contribution in [1.29, 1.82) is 0 Å². The Morgan fingerprint density at radius 2 is 2.17 bits per heavy atom. The summed E-state index contributed by atoms with van der Waals surface area (Å²) in [5, 5.41) is 0. The van der Waals surface area contributed by atoms with E-state index in [0.717, 1.165) is 5.70 Å². The molecule has 1 fully saturated rings. The van der Waals surface area contributed by atoms with Crippen molar-refractivity contribution in [2.45, 2.75) is 6.29 Å². The third kappa shape index (κ3) is 1.33. The number of dihydropyridines is 1. The summed E-state index contributed by atoms with van der Waals surface area (Å²) in [4.78, 5) is 4.09. The van der Waals surface area contributed by atoms with Gasteiger partial charge in [0.15, 0.2) is 6.29 Å². The maximum atomic E-state index is 5.35. The predicted molar refractivity (Wildman–Crippen MR) is 46.0 cm³/mol. The monoisotopic (exact) mass is 165 g/mol. The van der Waals surface area contributed by atoms with Crippen LogP contribution in [0, 0.1) is 5.92 Å². The first-order valence-electron chi connectivity index (χ1n) is 4.01. The number of nitrogens with zero attached hydrogens (tertiary/aromatic N) is 1. The van der Waals surface area contributed by atoms with E-state index in [1.54, 1.807) is 6.21 Å². The molecule has 0 aromatic carbocycles. The lowest BCUT2D eigenvalue weighted by Gasteiger charge is -2.19. The fraction of sp³-hybridized carbons (Fsp3) is 0.444. The predicted octanol–water partition coefficient (Wildman–Crippen LogP) is 1.13. The van der Waals surface area contributed by atoms with Gasteiger partial charge in [-0.05, 0) is 6.08 Å². The molecule has 3 heteroatoms. The van der Waals surface area contributed by atoms with Crippen LogP contribution in [-0.4, -0.2) is 25.7 Å². The van der Waals surface area contributed by atoms with Gasteiger partial charge in [0.1, 0.15) is 0 Å². The summed E-state index contributed by atoms with van der Waals surface area (Å²) in [6.45, 7) is 5.18. The van der Waals surface area contributed by atoms with Crippen molar-refractivity contribution in [2.24, 2.45) is 10.9 Å². The van der Waals surface area contributed by atoms with Crippen molar-refractivity contribution < 1.29 is 9.47 Å². The molecule has 64 valence electrons. The zero-order chi connectivity index (χ0) is 8.39. The van der Waals surface area contributed by atoms with E-state index in [-0.39, 0.29) is 12.2 Å². The van der Waals surface area contributed by atoms with Gasteiger partial charge in [-0.3, -0.25) is 4.99 Å². The Bertz CT molecular complexity index is 239. The number of rotatable bonds is 1. The molecule has 2 rings (SSSR count). The second-order valence-electron chi connectivity index (χ2n) is 2.79. The van der Waals surface area contributed by atoms with Gasteiger partial charge in [0.2, 0.25) is 0 Å². The SMILES string of the molecule is C=C1N=CC=CC1C1OCCO1. The molecule has 3 nitrogen and oxygen atoms in total. The molecular weight excluding hydrogens is 154 g/mol. The minimum Gasteiger partial charge on any atom is -0.349 e. The topological polar surface area (TPSA) is 30.8 Å². The first kappa shape index (κ1) is 7.71. The Morgan fingerprint density at radius 1 is 1.42 bits per heavy atom.